The second-order valence-corrected chi connectivity index (χ2v) is 7.07. The summed E-state index contributed by atoms with van der Waals surface area (Å²) in [6.45, 7) is 8.24. The molecule has 2 bridgehead atoms. The SMILES string of the molecule is CC(C)(C)NCc1ccnc(N2CC3CCC(C2)O3)c1F. The largest absolute Gasteiger partial charge is 0.371 e. The van der Waals surface area contributed by atoms with Gasteiger partial charge in [0, 0.05) is 36.9 Å². The molecule has 2 unspecified atom stereocenters. The number of halogens is 1. The van der Waals surface area contributed by atoms with Crippen molar-refractivity contribution in [3.8, 4) is 0 Å². The molecule has 1 aromatic rings. The van der Waals surface area contributed by atoms with Crippen molar-refractivity contribution in [2.24, 2.45) is 0 Å². The van der Waals surface area contributed by atoms with Crippen molar-refractivity contribution in [2.45, 2.75) is 57.9 Å². The summed E-state index contributed by atoms with van der Waals surface area (Å²) in [5.41, 5.74) is 0.641. The van der Waals surface area contributed by atoms with Gasteiger partial charge in [-0.15, -0.1) is 0 Å². The summed E-state index contributed by atoms with van der Waals surface area (Å²) in [5.74, 6) is 0.277. The van der Waals surface area contributed by atoms with Crippen LogP contribution in [0.1, 0.15) is 39.2 Å². The van der Waals surface area contributed by atoms with E-state index in [1.807, 2.05) is 4.90 Å². The first-order chi connectivity index (χ1) is 9.92. The summed E-state index contributed by atoms with van der Waals surface area (Å²) in [4.78, 5) is 6.31. The first-order valence-electron chi connectivity index (χ1n) is 7.71. The van der Waals surface area contributed by atoms with Gasteiger partial charge in [0.05, 0.1) is 12.2 Å². The molecule has 3 heterocycles. The lowest BCUT2D eigenvalue weighted by molar-refractivity contribution is 0.0300. The van der Waals surface area contributed by atoms with Crippen LogP contribution in [-0.4, -0.2) is 35.8 Å². The zero-order valence-corrected chi connectivity index (χ0v) is 13.0. The van der Waals surface area contributed by atoms with E-state index in [1.165, 1.54) is 0 Å². The Morgan fingerprint density at radius 1 is 1.33 bits per heavy atom. The highest BCUT2D eigenvalue weighted by Gasteiger charge is 2.35. The molecule has 1 N–H and O–H groups in total. The molecule has 2 aliphatic rings. The van der Waals surface area contributed by atoms with E-state index in [-0.39, 0.29) is 23.6 Å². The quantitative estimate of drug-likeness (QED) is 0.929. The number of ether oxygens (including phenoxy) is 1. The van der Waals surface area contributed by atoms with Gasteiger partial charge in [0.15, 0.2) is 11.6 Å². The molecule has 0 saturated carbocycles. The lowest BCUT2D eigenvalue weighted by atomic mass is 10.1. The molecule has 21 heavy (non-hydrogen) atoms. The van der Waals surface area contributed by atoms with Gasteiger partial charge < -0.3 is 15.0 Å². The van der Waals surface area contributed by atoms with E-state index in [9.17, 15) is 4.39 Å². The van der Waals surface area contributed by atoms with Crippen molar-refractivity contribution >= 4 is 5.82 Å². The zero-order valence-electron chi connectivity index (χ0n) is 13.0. The number of fused-ring (bicyclic) bond motifs is 2. The van der Waals surface area contributed by atoms with Crippen LogP contribution in [0.2, 0.25) is 0 Å². The van der Waals surface area contributed by atoms with Gasteiger partial charge >= 0.3 is 0 Å². The Kier molecular flexibility index (Phi) is 3.88. The van der Waals surface area contributed by atoms with Gasteiger partial charge in [-0.3, -0.25) is 0 Å². The Hall–Kier alpha value is -1.20. The van der Waals surface area contributed by atoms with Gasteiger partial charge in [-0.25, -0.2) is 9.37 Å². The normalized spacial score (nSPS) is 25.4. The van der Waals surface area contributed by atoms with Gasteiger partial charge in [-0.1, -0.05) is 0 Å². The Morgan fingerprint density at radius 3 is 2.62 bits per heavy atom. The highest BCUT2D eigenvalue weighted by molar-refractivity contribution is 5.44. The lowest BCUT2D eigenvalue weighted by Gasteiger charge is -2.33. The summed E-state index contributed by atoms with van der Waals surface area (Å²) in [7, 11) is 0. The monoisotopic (exact) mass is 293 g/mol. The van der Waals surface area contributed by atoms with Crippen LogP contribution < -0.4 is 10.2 Å². The smallest absolute Gasteiger partial charge is 0.170 e. The summed E-state index contributed by atoms with van der Waals surface area (Å²) in [5, 5.41) is 3.33. The van der Waals surface area contributed by atoms with Crippen LogP contribution in [0.15, 0.2) is 12.3 Å². The summed E-state index contributed by atoms with van der Waals surface area (Å²) < 4.78 is 20.5. The molecule has 0 spiro atoms. The first kappa shape index (κ1) is 14.7. The molecule has 1 aromatic heterocycles. The molecule has 4 nitrogen and oxygen atoms in total. The van der Waals surface area contributed by atoms with Crippen LogP contribution in [0.3, 0.4) is 0 Å². The maximum absolute atomic E-state index is 14.7. The van der Waals surface area contributed by atoms with Crippen LogP contribution in [0, 0.1) is 5.82 Å². The van der Waals surface area contributed by atoms with Crippen molar-refractivity contribution in [3.05, 3.63) is 23.6 Å². The summed E-state index contributed by atoms with van der Waals surface area (Å²) in [6, 6.07) is 1.76. The van der Waals surface area contributed by atoms with E-state index in [1.54, 1.807) is 12.3 Å². The Morgan fingerprint density at radius 2 is 2.00 bits per heavy atom. The predicted molar refractivity (Wildman–Crippen MR) is 80.9 cm³/mol. The average molecular weight is 293 g/mol. The molecule has 3 rings (SSSR count). The minimum absolute atomic E-state index is 0.0338. The van der Waals surface area contributed by atoms with E-state index in [2.05, 4.69) is 31.1 Å². The topological polar surface area (TPSA) is 37.4 Å². The molecular formula is C16H24FN3O. The molecule has 2 aliphatic heterocycles. The van der Waals surface area contributed by atoms with E-state index in [0.717, 1.165) is 25.9 Å². The maximum atomic E-state index is 14.7. The van der Waals surface area contributed by atoms with Crippen molar-refractivity contribution < 1.29 is 9.13 Å². The number of nitrogens with one attached hydrogen (secondary N) is 1. The van der Waals surface area contributed by atoms with Gasteiger partial charge in [0.25, 0.3) is 0 Å². The highest BCUT2D eigenvalue weighted by Crippen LogP contribution is 2.30. The first-order valence-corrected chi connectivity index (χ1v) is 7.71. The van der Waals surface area contributed by atoms with Crippen LogP contribution in [0.25, 0.3) is 0 Å². The van der Waals surface area contributed by atoms with Crippen LogP contribution in [0.5, 0.6) is 0 Å². The summed E-state index contributed by atoms with van der Waals surface area (Å²) >= 11 is 0. The highest BCUT2D eigenvalue weighted by atomic mass is 19.1. The Balaban J connectivity index is 1.77. The molecule has 5 heteroatoms. The van der Waals surface area contributed by atoms with Crippen LogP contribution in [0.4, 0.5) is 10.2 Å². The third-order valence-electron chi connectivity index (χ3n) is 4.10. The molecule has 0 amide bonds. The second kappa shape index (κ2) is 5.54. The number of hydrogen-bond acceptors (Lipinski definition) is 4. The number of pyridine rings is 1. The van der Waals surface area contributed by atoms with Crippen molar-refractivity contribution in [1.82, 2.24) is 10.3 Å². The Bertz CT molecular complexity index is 503. The number of morpholine rings is 1. The van der Waals surface area contributed by atoms with Crippen molar-refractivity contribution in [3.63, 3.8) is 0 Å². The number of hydrogen-bond donors (Lipinski definition) is 1. The van der Waals surface area contributed by atoms with Crippen molar-refractivity contribution in [2.75, 3.05) is 18.0 Å². The fourth-order valence-electron chi connectivity index (χ4n) is 2.98. The van der Waals surface area contributed by atoms with Gasteiger partial charge in [0.2, 0.25) is 0 Å². The van der Waals surface area contributed by atoms with E-state index >= 15 is 0 Å². The number of aromatic nitrogens is 1. The van der Waals surface area contributed by atoms with Crippen molar-refractivity contribution in [1.29, 1.82) is 0 Å². The third-order valence-corrected chi connectivity index (χ3v) is 4.10. The standard InChI is InChI=1S/C16H24FN3O/c1-16(2,3)19-8-11-6-7-18-15(14(11)17)20-9-12-4-5-13(10-20)21-12/h6-7,12-13,19H,4-5,8-10H2,1-3H3. The minimum Gasteiger partial charge on any atom is -0.371 e. The third kappa shape index (κ3) is 3.35. The van der Waals surface area contributed by atoms with Crippen LogP contribution >= 0.6 is 0 Å². The molecule has 0 radical (unpaired) electrons. The number of anilines is 1. The lowest BCUT2D eigenvalue weighted by Crippen LogP contribution is -2.43. The fraction of sp³-hybridized carbons (Fsp3) is 0.688. The van der Waals surface area contributed by atoms with Gasteiger partial charge in [-0.05, 0) is 39.7 Å². The van der Waals surface area contributed by atoms with E-state index < -0.39 is 0 Å². The Labute approximate surface area is 125 Å². The zero-order chi connectivity index (χ0) is 15.0. The van der Waals surface area contributed by atoms with Gasteiger partial charge in [-0.2, -0.15) is 0 Å². The molecular weight excluding hydrogens is 269 g/mol. The summed E-state index contributed by atoms with van der Waals surface area (Å²) in [6.07, 6.45) is 4.33. The number of rotatable bonds is 3. The van der Waals surface area contributed by atoms with E-state index in [4.69, 9.17) is 4.74 Å². The van der Waals surface area contributed by atoms with Crippen LogP contribution in [-0.2, 0) is 11.3 Å². The molecule has 0 aromatic carbocycles. The second-order valence-electron chi connectivity index (χ2n) is 7.07. The molecule has 2 fully saturated rings. The molecule has 116 valence electrons. The molecule has 2 saturated heterocycles. The predicted octanol–water partition coefficient (Wildman–Crippen LogP) is 2.48. The molecule has 2 atom stereocenters. The maximum Gasteiger partial charge on any atom is 0.170 e. The van der Waals surface area contributed by atoms with E-state index in [0.29, 0.717) is 17.9 Å². The minimum atomic E-state index is -0.199. The van der Waals surface area contributed by atoms with Gasteiger partial charge in [0.1, 0.15) is 0 Å². The number of nitrogens with zero attached hydrogens (tertiary/aromatic N) is 2. The molecule has 0 aliphatic carbocycles. The fourth-order valence-corrected chi connectivity index (χ4v) is 2.98. The average Bonchev–Trinajstić information content (AvgIpc) is 2.75.